The van der Waals surface area contributed by atoms with E-state index in [4.69, 9.17) is 4.74 Å². The molecule has 1 atom stereocenters. The van der Waals surface area contributed by atoms with Crippen molar-refractivity contribution in [3.05, 3.63) is 59.9 Å². The molecule has 3 rings (SSSR count). The van der Waals surface area contributed by atoms with Gasteiger partial charge < -0.3 is 10.1 Å². The third-order valence-electron chi connectivity index (χ3n) is 5.31. The van der Waals surface area contributed by atoms with E-state index in [2.05, 4.69) is 5.32 Å². The van der Waals surface area contributed by atoms with Gasteiger partial charge in [-0.15, -0.1) is 0 Å². The summed E-state index contributed by atoms with van der Waals surface area (Å²) in [5, 5.41) is 2.91. The van der Waals surface area contributed by atoms with Gasteiger partial charge in [-0.3, -0.25) is 4.79 Å². The number of rotatable bonds is 8. The van der Waals surface area contributed by atoms with Crippen LogP contribution in [0.5, 0.6) is 5.75 Å². The van der Waals surface area contributed by atoms with Crippen LogP contribution in [0.3, 0.4) is 0 Å². The largest absolute Gasteiger partial charge is 0.497 e. The van der Waals surface area contributed by atoms with Gasteiger partial charge in [0.05, 0.1) is 17.9 Å². The van der Waals surface area contributed by atoms with Gasteiger partial charge in [0.1, 0.15) is 11.6 Å². The number of benzene rings is 2. The van der Waals surface area contributed by atoms with E-state index in [-0.39, 0.29) is 29.1 Å². The summed E-state index contributed by atoms with van der Waals surface area (Å²) in [5.74, 6) is -0.162. The number of ether oxygens (including phenoxy) is 1. The predicted octanol–water partition coefficient (Wildman–Crippen LogP) is 2.98. The van der Waals surface area contributed by atoms with Crippen molar-refractivity contribution in [1.29, 1.82) is 0 Å². The Balaban J connectivity index is 1.51. The van der Waals surface area contributed by atoms with E-state index in [1.54, 1.807) is 24.3 Å². The maximum atomic E-state index is 12.9. The quantitative estimate of drug-likeness (QED) is 0.648. The number of hydrogen-bond acceptors (Lipinski definition) is 4. The lowest BCUT2D eigenvalue weighted by Crippen LogP contribution is -2.45. The highest BCUT2D eigenvalue weighted by atomic mass is 32.2. The molecule has 1 fully saturated rings. The summed E-state index contributed by atoms with van der Waals surface area (Å²) in [6.45, 7) is 1.08. The zero-order chi connectivity index (χ0) is 21.6. The van der Waals surface area contributed by atoms with E-state index >= 15 is 0 Å². The molecule has 0 bridgehead atoms. The van der Waals surface area contributed by atoms with Crippen molar-refractivity contribution in [2.75, 3.05) is 26.7 Å². The number of methoxy groups -OCH3 is 1. The Labute approximate surface area is 177 Å². The van der Waals surface area contributed by atoms with Crippen LogP contribution in [-0.4, -0.2) is 45.4 Å². The first-order valence-corrected chi connectivity index (χ1v) is 11.5. The van der Waals surface area contributed by atoms with Gasteiger partial charge in [-0.2, -0.15) is 4.31 Å². The van der Waals surface area contributed by atoms with Gasteiger partial charge >= 0.3 is 0 Å². The molecule has 1 heterocycles. The third kappa shape index (κ3) is 5.58. The van der Waals surface area contributed by atoms with E-state index in [1.165, 1.54) is 35.7 Å². The third-order valence-corrected chi connectivity index (χ3v) is 7.19. The normalized spacial score (nSPS) is 17.5. The van der Waals surface area contributed by atoms with Crippen LogP contribution in [-0.2, 0) is 21.2 Å². The molecular weight excluding hydrogens is 407 g/mol. The van der Waals surface area contributed by atoms with Crippen molar-refractivity contribution in [2.24, 2.45) is 5.92 Å². The lowest BCUT2D eigenvalue weighted by atomic mass is 9.99. The van der Waals surface area contributed by atoms with E-state index < -0.39 is 10.0 Å². The lowest BCUT2D eigenvalue weighted by molar-refractivity contribution is -0.126. The average Bonchev–Trinajstić information content (AvgIpc) is 2.78. The Kier molecular flexibility index (Phi) is 7.44. The second-order valence-corrected chi connectivity index (χ2v) is 9.34. The predicted molar refractivity (Wildman–Crippen MR) is 112 cm³/mol. The maximum Gasteiger partial charge on any atom is 0.243 e. The SMILES string of the molecule is COc1ccc(S(=O)(=O)N2CCC[C@@H](C(=O)NCCCc3ccc(F)cc3)C2)cc1. The van der Waals surface area contributed by atoms with Gasteiger partial charge in [0, 0.05) is 19.6 Å². The molecule has 6 nitrogen and oxygen atoms in total. The summed E-state index contributed by atoms with van der Waals surface area (Å²) in [6.07, 6.45) is 2.78. The molecule has 0 unspecified atom stereocenters. The molecule has 0 aromatic heterocycles. The molecule has 1 saturated heterocycles. The Morgan fingerprint density at radius 2 is 1.87 bits per heavy atom. The number of halogens is 1. The molecule has 0 radical (unpaired) electrons. The minimum atomic E-state index is -3.65. The molecule has 1 amide bonds. The molecule has 1 aliphatic heterocycles. The van der Waals surface area contributed by atoms with Gasteiger partial charge in [0.15, 0.2) is 0 Å². The summed E-state index contributed by atoms with van der Waals surface area (Å²) in [5.41, 5.74) is 1.01. The lowest BCUT2D eigenvalue weighted by Gasteiger charge is -2.31. The standard InChI is InChI=1S/C22H27FN2O4S/c1-29-20-10-12-21(13-11-20)30(27,28)25-15-3-5-18(16-25)22(26)24-14-2-4-17-6-8-19(23)9-7-17/h6-13,18H,2-5,14-16H2,1H3,(H,24,26)/t18-/m1/s1. The van der Waals surface area contributed by atoms with Gasteiger partial charge in [-0.1, -0.05) is 12.1 Å². The fourth-order valence-corrected chi connectivity index (χ4v) is 5.09. The molecule has 1 aliphatic rings. The molecule has 30 heavy (non-hydrogen) atoms. The minimum absolute atomic E-state index is 0.122. The summed E-state index contributed by atoms with van der Waals surface area (Å²) < 4.78 is 45.2. The van der Waals surface area contributed by atoms with Crippen molar-refractivity contribution in [1.82, 2.24) is 9.62 Å². The van der Waals surface area contributed by atoms with Crippen molar-refractivity contribution in [3.63, 3.8) is 0 Å². The number of nitrogens with one attached hydrogen (secondary N) is 1. The van der Waals surface area contributed by atoms with Crippen LogP contribution >= 0.6 is 0 Å². The Morgan fingerprint density at radius 3 is 2.53 bits per heavy atom. The van der Waals surface area contributed by atoms with Crippen LogP contribution in [0.15, 0.2) is 53.4 Å². The Morgan fingerprint density at radius 1 is 1.17 bits per heavy atom. The van der Waals surface area contributed by atoms with Crippen LogP contribution in [0.4, 0.5) is 4.39 Å². The minimum Gasteiger partial charge on any atom is -0.497 e. The molecule has 0 saturated carbocycles. The second kappa shape index (κ2) is 10.0. The Bertz CT molecular complexity index is 946. The van der Waals surface area contributed by atoms with Gasteiger partial charge in [-0.05, 0) is 67.6 Å². The monoisotopic (exact) mass is 434 g/mol. The number of carbonyl (C=O) groups is 1. The number of piperidine rings is 1. The van der Waals surface area contributed by atoms with E-state index in [9.17, 15) is 17.6 Å². The molecule has 2 aromatic carbocycles. The number of carbonyl (C=O) groups excluding carboxylic acids is 1. The first-order valence-electron chi connectivity index (χ1n) is 10.1. The van der Waals surface area contributed by atoms with Crippen LogP contribution in [0.2, 0.25) is 0 Å². The maximum absolute atomic E-state index is 12.9. The second-order valence-electron chi connectivity index (χ2n) is 7.40. The van der Waals surface area contributed by atoms with Gasteiger partial charge in [0.25, 0.3) is 0 Å². The van der Waals surface area contributed by atoms with Crippen molar-refractivity contribution < 1.29 is 22.3 Å². The van der Waals surface area contributed by atoms with Crippen molar-refractivity contribution in [2.45, 2.75) is 30.6 Å². The Hall–Kier alpha value is -2.45. The summed E-state index contributed by atoms with van der Waals surface area (Å²) in [7, 11) is -2.13. The zero-order valence-electron chi connectivity index (χ0n) is 17.0. The number of aryl methyl sites for hydroxylation is 1. The first-order chi connectivity index (χ1) is 14.4. The topological polar surface area (TPSA) is 75.7 Å². The molecule has 162 valence electrons. The molecule has 1 N–H and O–H groups in total. The highest BCUT2D eigenvalue weighted by Gasteiger charge is 2.33. The molecule has 8 heteroatoms. The smallest absolute Gasteiger partial charge is 0.243 e. The first kappa shape index (κ1) is 22.2. The van der Waals surface area contributed by atoms with E-state index in [0.717, 1.165) is 18.4 Å². The molecular formula is C22H27FN2O4S. The van der Waals surface area contributed by atoms with Crippen LogP contribution in [0.1, 0.15) is 24.8 Å². The van der Waals surface area contributed by atoms with Crippen molar-refractivity contribution >= 4 is 15.9 Å². The number of amides is 1. The van der Waals surface area contributed by atoms with Crippen molar-refractivity contribution in [3.8, 4) is 5.75 Å². The average molecular weight is 435 g/mol. The highest BCUT2D eigenvalue weighted by molar-refractivity contribution is 7.89. The van der Waals surface area contributed by atoms with Crippen LogP contribution in [0, 0.1) is 11.7 Å². The van der Waals surface area contributed by atoms with Crippen LogP contribution < -0.4 is 10.1 Å². The molecule has 0 spiro atoms. The molecule has 0 aliphatic carbocycles. The fourth-order valence-electron chi connectivity index (χ4n) is 3.57. The summed E-state index contributed by atoms with van der Waals surface area (Å²) >= 11 is 0. The zero-order valence-corrected chi connectivity index (χ0v) is 17.8. The van der Waals surface area contributed by atoms with E-state index in [0.29, 0.717) is 31.7 Å². The highest BCUT2D eigenvalue weighted by Crippen LogP contribution is 2.25. The molecule has 2 aromatic rings. The van der Waals surface area contributed by atoms with Gasteiger partial charge in [0.2, 0.25) is 15.9 Å². The van der Waals surface area contributed by atoms with E-state index in [1.807, 2.05) is 0 Å². The number of sulfonamides is 1. The number of hydrogen-bond donors (Lipinski definition) is 1. The summed E-state index contributed by atoms with van der Waals surface area (Å²) in [4.78, 5) is 12.7. The number of nitrogens with zero attached hydrogens (tertiary/aromatic N) is 1. The van der Waals surface area contributed by atoms with Gasteiger partial charge in [-0.25, -0.2) is 12.8 Å². The summed E-state index contributed by atoms with van der Waals surface area (Å²) in [6, 6.07) is 12.6. The fraction of sp³-hybridized carbons (Fsp3) is 0.409. The van der Waals surface area contributed by atoms with Crippen LogP contribution in [0.25, 0.3) is 0 Å².